The zero-order valence-electron chi connectivity index (χ0n) is 10.9. The van der Waals surface area contributed by atoms with Gasteiger partial charge in [0.1, 0.15) is 0 Å². The van der Waals surface area contributed by atoms with Crippen molar-refractivity contribution in [3.05, 3.63) is 64.3 Å². The number of fused-ring (bicyclic) bond motifs is 2. The maximum atomic E-state index is 12.4. The molecule has 1 amide bonds. The lowest BCUT2D eigenvalue weighted by atomic mass is 9.87. The van der Waals surface area contributed by atoms with Gasteiger partial charge in [-0.2, -0.15) is 0 Å². The van der Waals surface area contributed by atoms with Gasteiger partial charge in [-0.15, -0.1) is 0 Å². The van der Waals surface area contributed by atoms with Gasteiger partial charge in [-0.25, -0.2) is 0 Å². The van der Waals surface area contributed by atoms with Crippen LogP contribution in [0.5, 0.6) is 0 Å². The highest BCUT2D eigenvalue weighted by atomic mass is 79.9. The Bertz CT molecular complexity index is 887. The molecule has 0 spiro atoms. The maximum absolute atomic E-state index is 12.4. The van der Waals surface area contributed by atoms with Crippen LogP contribution in [0.25, 0.3) is 10.9 Å². The summed E-state index contributed by atoms with van der Waals surface area (Å²) < 4.78 is 0.852. The van der Waals surface area contributed by atoms with E-state index in [1.165, 1.54) is 0 Å². The van der Waals surface area contributed by atoms with Crippen molar-refractivity contribution in [2.75, 3.05) is 5.32 Å². The molecule has 0 saturated heterocycles. The van der Waals surface area contributed by atoms with Gasteiger partial charge in [0.2, 0.25) is 0 Å². The Labute approximate surface area is 128 Å². The van der Waals surface area contributed by atoms with Crippen LogP contribution < -0.4 is 5.32 Å². The molecule has 0 saturated carbocycles. The Morgan fingerprint density at radius 3 is 2.76 bits per heavy atom. The zero-order valence-corrected chi connectivity index (χ0v) is 12.4. The lowest BCUT2D eigenvalue weighted by molar-refractivity contribution is -0.129. The van der Waals surface area contributed by atoms with Crippen molar-refractivity contribution < 1.29 is 9.90 Å². The summed E-state index contributed by atoms with van der Waals surface area (Å²) in [6.45, 7) is 0. The first kappa shape index (κ1) is 12.6. The average molecular weight is 343 g/mol. The fraction of sp³-hybridized carbons (Fsp3) is 0.0625. The van der Waals surface area contributed by atoms with Crippen LogP contribution in [0.4, 0.5) is 5.69 Å². The Morgan fingerprint density at radius 1 is 1.10 bits per heavy atom. The molecule has 104 valence electrons. The van der Waals surface area contributed by atoms with Crippen LogP contribution in [-0.2, 0) is 10.4 Å². The molecule has 1 aliphatic heterocycles. The second kappa shape index (κ2) is 4.19. The van der Waals surface area contributed by atoms with Crippen molar-refractivity contribution >= 4 is 38.4 Å². The third kappa shape index (κ3) is 1.61. The van der Waals surface area contributed by atoms with E-state index in [0.29, 0.717) is 16.8 Å². The molecule has 0 unspecified atom stereocenters. The van der Waals surface area contributed by atoms with Gasteiger partial charge in [-0.05, 0) is 18.2 Å². The monoisotopic (exact) mass is 342 g/mol. The molecule has 3 N–H and O–H groups in total. The second-order valence-electron chi connectivity index (χ2n) is 5.10. The van der Waals surface area contributed by atoms with Gasteiger partial charge in [-0.3, -0.25) is 4.79 Å². The SMILES string of the molecule is O=C1Nc2cc(Br)ccc2[C@@]1(O)c1c[nH]c2ccccc12. The number of anilines is 1. The van der Waals surface area contributed by atoms with Gasteiger partial charge in [0.15, 0.2) is 5.60 Å². The summed E-state index contributed by atoms with van der Waals surface area (Å²) in [6.07, 6.45) is 1.70. The maximum Gasteiger partial charge on any atom is 0.265 e. The van der Waals surface area contributed by atoms with Crippen molar-refractivity contribution in [2.24, 2.45) is 0 Å². The number of carbonyl (C=O) groups excluding carboxylic acids is 1. The molecule has 4 nitrogen and oxygen atoms in total. The summed E-state index contributed by atoms with van der Waals surface area (Å²) >= 11 is 3.37. The van der Waals surface area contributed by atoms with Crippen LogP contribution in [-0.4, -0.2) is 16.0 Å². The number of carbonyl (C=O) groups is 1. The van der Waals surface area contributed by atoms with Gasteiger partial charge in [0, 0.05) is 38.4 Å². The summed E-state index contributed by atoms with van der Waals surface area (Å²) in [5, 5.41) is 14.7. The quantitative estimate of drug-likeness (QED) is 0.636. The minimum absolute atomic E-state index is 0.430. The molecule has 1 aromatic heterocycles. The summed E-state index contributed by atoms with van der Waals surface area (Å²) in [4.78, 5) is 15.5. The van der Waals surface area contributed by atoms with Crippen molar-refractivity contribution in [2.45, 2.75) is 5.60 Å². The smallest absolute Gasteiger partial charge is 0.265 e. The topological polar surface area (TPSA) is 65.1 Å². The number of para-hydroxylation sites is 1. The van der Waals surface area contributed by atoms with E-state index in [1.807, 2.05) is 30.3 Å². The molecule has 1 aliphatic rings. The number of H-pyrrole nitrogens is 1. The van der Waals surface area contributed by atoms with E-state index < -0.39 is 11.5 Å². The zero-order chi connectivity index (χ0) is 14.6. The number of aliphatic hydroxyl groups is 1. The number of hydrogen-bond donors (Lipinski definition) is 3. The number of rotatable bonds is 1. The molecule has 1 atom stereocenters. The highest BCUT2D eigenvalue weighted by Crippen LogP contribution is 2.43. The first-order valence-corrected chi connectivity index (χ1v) is 7.30. The highest BCUT2D eigenvalue weighted by molar-refractivity contribution is 9.10. The van der Waals surface area contributed by atoms with Gasteiger partial charge >= 0.3 is 0 Å². The third-order valence-electron chi connectivity index (χ3n) is 3.93. The fourth-order valence-electron chi connectivity index (χ4n) is 2.91. The van der Waals surface area contributed by atoms with Gasteiger partial charge < -0.3 is 15.4 Å². The number of aromatic nitrogens is 1. The Morgan fingerprint density at radius 2 is 1.90 bits per heavy atom. The average Bonchev–Trinajstić information content (AvgIpc) is 3.00. The first-order chi connectivity index (χ1) is 10.1. The lowest BCUT2D eigenvalue weighted by Crippen LogP contribution is -2.35. The minimum Gasteiger partial charge on any atom is -0.372 e. The lowest BCUT2D eigenvalue weighted by Gasteiger charge is -2.20. The van der Waals surface area contributed by atoms with Crippen LogP contribution in [0.3, 0.4) is 0 Å². The van der Waals surface area contributed by atoms with E-state index in [9.17, 15) is 9.90 Å². The predicted octanol–water partition coefficient (Wildman–Crippen LogP) is 3.12. The summed E-state index contributed by atoms with van der Waals surface area (Å²) in [7, 11) is 0. The molecule has 3 aromatic rings. The number of aromatic amines is 1. The summed E-state index contributed by atoms with van der Waals surface area (Å²) in [5.41, 5.74) is 0.980. The second-order valence-corrected chi connectivity index (χ2v) is 6.02. The van der Waals surface area contributed by atoms with Gasteiger partial charge in [0.25, 0.3) is 5.91 Å². The van der Waals surface area contributed by atoms with Gasteiger partial charge in [0.05, 0.1) is 0 Å². The highest BCUT2D eigenvalue weighted by Gasteiger charge is 2.48. The molecule has 2 aromatic carbocycles. The molecule has 21 heavy (non-hydrogen) atoms. The summed E-state index contributed by atoms with van der Waals surface area (Å²) in [6, 6.07) is 13.0. The van der Waals surface area contributed by atoms with Crippen molar-refractivity contribution in [3.63, 3.8) is 0 Å². The summed E-state index contributed by atoms with van der Waals surface area (Å²) in [5.74, 6) is -0.430. The third-order valence-corrected chi connectivity index (χ3v) is 4.42. The first-order valence-electron chi connectivity index (χ1n) is 6.51. The van der Waals surface area contributed by atoms with E-state index in [-0.39, 0.29) is 0 Å². The van der Waals surface area contributed by atoms with Crippen LogP contribution in [0.2, 0.25) is 0 Å². The normalized spacial score (nSPS) is 20.6. The van der Waals surface area contributed by atoms with Crippen molar-refractivity contribution in [1.82, 2.24) is 4.98 Å². The number of nitrogens with one attached hydrogen (secondary N) is 2. The molecule has 2 heterocycles. The number of halogens is 1. The van der Waals surface area contributed by atoms with E-state index in [2.05, 4.69) is 26.2 Å². The van der Waals surface area contributed by atoms with Gasteiger partial charge in [-0.1, -0.05) is 40.2 Å². The van der Waals surface area contributed by atoms with E-state index >= 15 is 0 Å². The molecular weight excluding hydrogens is 332 g/mol. The van der Waals surface area contributed by atoms with Crippen LogP contribution >= 0.6 is 15.9 Å². The molecule has 5 heteroatoms. The molecule has 0 fully saturated rings. The number of benzene rings is 2. The molecule has 0 radical (unpaired) electrons. The fourth-order valence-corrected chi connectivity index (χ4v) is 3.27. The largest absolute Gasteiger partial charge is 0.372 e. The Hall–Kier alpha value is -2.11. The van der Waals surface area contributed by atoms with Crippen LogP contribution in [0, 0.1) is 0 Å². The number of hydrogen-bond acceptors (Lipinski definition) is 2. The van der Waals surface area contributed by atoms with Crippen LogP contribution in [0.1, 0.15) is 11.1 Å². The van der Waals surface area contributed by atoms with E-state index in [1.54, 1.807) is 18.3 Å². The van der Waals surface area contributed by atoms with Crippen molar-refractivity contribution in [1.29, 1.82) is 0 Å². The molecule has 4 rings (SSSR count). The predicted molar refractivity (Wildman–Crippen MR) is 84.1 cm³/mol. The van der Waals surface area contributed by atoms with E-state index in [0.717, 1.165) is 15.4 Å². The molecular formula is C16H11BrN2O2. The Balaban J connectivity index is 2.01. The van der Waals surface area contributed by atoms with Crippen LogP contribution in [0.15, 0.2) is 53.1 Å². The standard InChI is InChI=1S/C16H11BrN2O2/c17-9-5-6-11-14(7-9)19-15(20)16(11,21)12-8-18-13-4-2-1-3-10(12)13/h1-8,18,21H,(H,19,20)/t16-/m1/s1. The van der Waals surface area contributed by atoms with E-state index in [4.69, 9.17) is 0 Å². The number of amides is 1. The minimum atomic E-state index is -1.67. The molecule has 0 bridgehead atoms. The van der Waals surface area contributed by atoms with Crippen molar-refractivity contribution in [3.8, 4) is 0 Å². The molecule has 0 aliphatic carbocycles. The Kier molecular flexibility index (Phi) is 2.52.